The minimum Gasteiger partial charge on any atom is -0.481 e. The third-order valence-electron chi connectivity index (χ3n) is 3.70. The molecular weight excluding hydrogens is 374 g/mol. The van der Waals surface area contributed by atoms with E-state index in [4.69, 9.17) is 4.74 Å². The maximum atomic E-state index is 12.2. The average molecular weight is 393 g/mol. The van der Waals surface area contributed by atoms with Crippen molar-refractivity contribution in [3.05, 3.63) is 58.6 Å². The van der Waals surface area contributed by atoms with Crippen LogP contribution in [0.2, 0.25) is 0 Å². The predicted octanol–water partition coefficient (Wildman–Crippen LogP) is 2.40. The number of nitrogens with zero attached hydrogens (tertiary/aromatic N) is 2. The van der Waals surface area contributed by atoms with Crippen molar-refractivity contribution in [3.63, 3.8) is 0 Å². The van der Waals surface area contributed by atoms with Gasteiger partial charge in [-0.25, -0.2) is 8.42 Å². The number of hydrogen-bond donors (Lipinski definition) is 1. The molecule has 10 heteroatoms. The molecule has 1 atom stereocenters. The van der Waals surface area contributed by atoms with Gasteiger partial charge in [-0.2, -0.15) is 0 Å². The van der Waals surface area contributed by atoms with E-state index in [0.717, 1.165) is 10.6 Å². The molecule has 2 aromatic rings. The van der Waals surface area contributed by atoms with Gasteiger partial charge in [-0.05, 0) is 37.3 Å². The topological polar surface area (TPSA) is 119 Å². The van der Waals surface area contributed by atoms with Crippen molar-refractivity contribution >= 4 is 33.0 Å². The van der Waals surface area contributed by atoms with Crippen LogP contribution in [0, 0.1) is 10.1 Å². The molecule has 0 fully saturated rings. The number of anilines is 2. The molecule has 2 aromatic carbocycles. The molecule has 0 heterocycles. The number of nitro benzene ring substituents is 1. The van der Waals surface area contributed by atoms with Crippen molar-refractivity contribution in [2.24, 2.45) is 0 Å². The van der Waals surface area contributed by atoms with E-state index >= 15 is 0 Å². The fraction of sp³-hybridized carbons (Fsp3) is 0.235. The highest BCUT2D eigenvalue weighted by atomic mass is 32.2. The predicted molar refractivity (Wildman–Crippen MR) is 102 cm³/mol. The Hall–Kier alpha value is -3.14. The number of amides is 1. The molecule has 0 spiro atoms. The number of nitrogens with one attached hydrogen (secondary N) is 1. The molecule has 0 aliphatic carbocycles. The van der Waals surface area contributed by atoms with Crippen molar-refractivity contribution in [3.8, 4) is 5.75 Å². The van der Waals surface area contributed by atoms with Crippen molar-refractivity contribution < 1.29 is 22.9 Å². The van der Waals surface area contributed by atoms with Gasteiger partial charge in [-0.15, -0.1) is 0 Å². The van der Waals surface area contributed by atoms with Crippen molar-refractivity contribution in [1.82, 2.24) is 0 Å². The van der Waals surface area contributed by atoms with E-state index in [1.54, 1.807) is 24.3 Å². The molecule has 2 rings (SSSR count). The molecular formula is C17H19N3O6S. The second kappa shape index (κ2) is 8.04. The van der Waals surface area contributed by atoms with Crippen LogP contribution in [0.5, 0.6) is 5.75 Å². The molecule has 1 N–H and O–H groups in total. The normalized spacial score (nSPS) is 12.1. The summed E-state index contributed by atoms with van der Waals surface area (Å²) < 4.78 is 29.7. The summed E-state index contributed by atoms with van der Waals surface area (Å²) in [6.45, 7) is 1.53. The summed E-state index contributed by atoms with van der Waals surface area (Å²) >= 11 is 0. The van der Waals surface area contributed by atoms with Gasteiger partial charge in [0.2, 0.25) is 10.0 Å². The zero-order valence-corrected chi connectivity index (χ0v) is 15.8. The van der Waals surface area contributed by atoms with Crippen molar-refractivity contribution in [2.75, 3.05) is 22.9 Å². The largest absolute Gasteiger partial charge is 0.481 e. The quantitative estimate of drug-likeness (QED) is 0.570. The molecule has 0 aliphatic rings. The number of nitro groups is 1. The molecule has 0 saturated heterocycles. The van der Waals surface area contributed by atoms with Gasteiger partial charge in [0.1, 0.15) is 5.75 Å². The fourth-order valence-corrected chi connectivity index (χ4v) is 2.63. The first-order valence-corrected chi connectivity index (χ1v) is 9.68. The molecule has 9 nitrogen and oxygen atoms in total. The average Bonchev–Trinajstić information content (AvgIpc) is 2.61. The third-order valence-corrected chi connectivity index (χ3v) is 4.91. The highest BCUT2D eigenvalue weighted by Gasteiger charge is 2.17. The summed E-state index contributed by atoms with van der Waals surface area (Å²) in [7, 11) is -1.94. The summed E-state index contributed by atoms with van der Waals surface area (Å²) in [6.07, 6.45) is 0.223. The molecule has 0 aliphatic heterocycles. The maximum absolute atomic E-state index is 12.2. The number of benzene rings is 2. The lowest BCUT2D eigenvalue weighted by Gasteiger charge is -2.18. The maximum Gasteiger partial charge on any atom is 0.271 e. The van der Waals surface area contributed by atoms with Gasteiger partial charge in [-0.1, -0.05) is 6.07 Å². The van der Waals surface area contributed by atoms with E-state index in [0.29, 0.717) is 11.4 Å². The zero-order chi connectivity index (χ0) is 20.2. The Labute approximate surface area is 156 Å². The lowest BCUT2D eigenvalue weighted by molar-refractivity contribution is -0.384. The third kappa shape index (κ3) is 5.42. The van der Waals surface area contributed by atoms with Crippen LogP contribution in [0.15, 0.2) is 48.5 Å². The standard InChI is InChI=1S/C17H19N3O6S/c1-12(17(21)18-13-5-4-6-15(11-13)20(22)23)26-16-9-7-14(8-10-16)19(2)27(3,24)25/h4-12H,1-3H3,(H,18,21)/t12-/m1/s1. The molecule has 1 amide bonds. The van der Waals surface area contributed by atoms with Crippen LogP contribution in [0.3, 0.4) is 0 Å². The number of carbonyl (C=O) groups is 1. The van der Waals surface area contributed by atoms with Crippen LogP contribution in [-0.4, -0.2) is 38.7 Å². The minimum absolute atomic E-state index is 0.132. The Morgan fingerprint density at radius 2 is 1.85 bits per heavy atom. The monoisotopic (exact) mass is 393 g/mol. The zero-order valence-electron chi connectivity index (χ0n) is 14.9. The second-order valence-corrected chi connectivity index (χ2v) is 7.79. The van der Waals surface area contributed by atoms with E-state index in [9.17, 15) is 23.3 Å². The number of non-ortho nitro benzene ring substituents is 1. The molecule has 0 aromatic heterocycles. The van der Waals surface area contributed by atoms with Gasteiger partial charge in [0.05, 0.1) is 16.9 Å². The van der Waals surface area contributed by atoms with Crippen LogP contribution in [0.1, 0.15) is 6.92 Å². The van der Waals surface area contributed by atoms with Crippen molar-refractivity contribution in [2.45, 2.75) is 13.0 Å². The lowest BCUT2D eigenvalue weighted by atomic mass is 10.2. The van der Waals surface area contributed by atoms with E-state index in [1.807, 2.05) is 0 Å². The van der Waals surface area contributed by atoms with Gasteiger partial charge < -0.3 is 10.1 Å². The van der Waals surface area contributed by atoms with Crippen LogP contribution in [-0.2, 0) is 14.8 Å². The molecule has 144 valence electrons. The van der Waals surface area contributed by atoms with Crippen LogP contribution in [0.25, 0.3) is 0 Å². The first-order valence-electron chi connectivity index (χ1n) is 7.84. The number of hydrogen-bond acceptors (Lipinski definition) is 6. The van der Waals surface area contributed by atoms with Gasteiger partial charge in [0.15, 0.2) is 6.10 Å². The summed E-state index contributed by atoms with van der Waals surface area (Å²) in [5.74, 6) is -0.102. The van der Waals surface area contributed by atoms with Gasteiger partial charge in [0, 0.05) is 24.9 Å². The highest BCUT2D eigenvalue weighted by molar-refractivity contribution is 7.92. The van der Waals surface area contributed by atoms with E-state index in [-0.39, 0.29) is 11.4 Å². The summed E-state index contributed by atoms with van der Waals surface area (Å²) in [4.78, 5) is 22.4. The molecule has 0 radical (unpaired) electrons. The summed E-state index contributed by atoms with van der Waals surface area (Å²) in [5.41, 5.74) is 0.611. The van der Waals surface area contributed by atoms with Gasteiger partial charge >= 0.3 is 0 Å². The molecule has 27 heavy (non-hydrogen) atoms. The highest BCUT2D eigenvalue weighted by Crippen LogP contribution is 2.22. The lowest BCUT2D eigenvalue weighted by Crippen LogP contribution is -2.30. The van der Waals surface area contributed by atoms with Crippen LogP contribution >= 0.6 is 0 Å². The Bertz CT molecular complexity index is 943. The minimum atomic E-state index is -3.37. The number of carbonyl (C=O) groups excluding carboxylic acids is 1. The number of sulfonamides is 1. The fourth-order valence-electron chi connectivity index (χ4n) is 2.12. The van der Waals surface area contributed by atoms with Crippen molar-refractivity contribution in [1.29, 1.82) is 0 Å². The Morgan fingerprint density at radius 1 is 1.22 bits per heavy atom. The van der Waals surface area contributed by atoms with E-state index < -0.39 is 27.0 Å². The SMILES string of the molecule is C[C@@H](Oc1ccc(N(C)S(C)(=O)=O)cc1)C(=O)Nc1cccc([N+](=O)[O-])c1. The smallest absolute Gasteiger partial charge is 0.271 e. The Kier molecular flexibility index (Phi) is 6.01. The van der Waals surface area contributed by atoms with Crippen LogP contribution < -0.4 is 14.4 Å². The van der Waals surface area contributed by atoms with E-state index in [2.05, 4.69) is 5.32 Å². The van der Waals surface area contributed by atoms with Gasteiger partial charge in [0.25, 0.3) is 11.6 Å². The van der Waals surface area contributed by atoms with Gasteiger partial charge in [-0.3, -0.25) is 19.2 Å². The summed E-state index contributed by atoms with van der Waals surface area (Å²) in [5, 5.41) is 13.3. The number of ether oxygens (including phenoxy) is 1. The Morgan fingerprint density at radius 3 is 2.41 bits per heavy atom. The first-order chi connectivity index (χ1) is 12.6. The number of rotatable bonds is 7. The van der Waals surface area contributed by atoms with Crippen LogP contribution in [0.4, 0.5) is 17.1 Å². The molecule has 0 saturated carbocycles. The second-order valence-electron chi connectivity index (χ2n) is 5.78. The molecule has 0 bridgehead atoms. The Balaban J connectivity index is 2.02. The molecule has 0 unspecified atom stereocenters. The van der Waals surface area contributed by atoms with E-state index in [1.165, 1.54) is 38.2 Å². The first kappa shape index (κ1) is 20.2. The summed E-state index contributed by atoms with van der Waals surface area (Å²) in [6, 6.07) is 11.8.